The van der Waals surface area contributed by atoms with Gasteiger partial charge in [-0.15, -0.1) is 0 Å². The zero-order chi connectivity index (χ0) is 23.3. The number of fused-ring (bicyclic) bond motifs is 2. The maximum absolute atomic E-state index is 5.54. The van der Waals surface area contributed by atoms with Gasteiger partial charge in [-0.3, -0.25) is 4.90 Å². The normalized spacial score (nSPS) is 19.2. The minimum absolute atomic E-state index is 0.774. The molecule has 0 N–H and O–H groups in total. The zero-order valence-electron chi connectivity index (χ0n) is 20.8. The molecule has 1 fully saturated rings. The topological polar surface area (TPSA) is 24.9 Å². The lowest BCUT2D eigenvalue weighted by Gasteiger charge is -2.37. The highest BCUT2D eigenvalue weighted by Crippen LogP contribution is 2.33. The molecule has 1 saturated heterocycles. The quantitative estimate of drug-likeness (QED) is 0.441. The van der Waals surface area contributed by atoms with Gasteiger partial charge in [0, 0.05) is 26.2 Å². The summed E-state index contributed by atoms with van der Waals surface area (Å²) in [7, 11) is 3.44. The Morgan fingerprint density at radius 1 is 0.853 bits per heavy atom. The standard InChI is InChI=1S/C30H38N2O2/c1-33-29-18-27-13-16-32(22-28(27)19-30(29)34-2)21-24-8-6-15-31(20-24)14-5-7-23-11-12-25-9-3-4-10-26(25)17-23/h3-4,9-12,17-19,24H,5-8,13-16,20-22H2,1-2H3. The first-order valence-electron chi connectivity index (χ1n) is 12.9. The Hall–Kier alpha value is -2.56. The van der Waals surface area contributed by atoms with E-state index < -0.39 is 0 Å². The molecule has 0 spiro atoms. The number of piperidine rings is 1. The van der Waals surface area contributed by atoms with Crippen molar-refractivity contribution in [2.45, 2.75) is 38.6 Å². The highest BCUT2D eigenvalue weighted by Gasteiger charge is 2.25. The van der Waals surface area contributed by atoms with E-state index in [0.717, 1.165) is 36.9 Å². The lowest BCUT2D eigenvalue weighted by Crippen LogP contribution is -2.42. The molecule has 3 aromatic carbocycles. The summed E-state index contributed by atoms with van der Waals surface area (Å²) in [6, 6.07) is 20.0. The third-order valence-electron chi connectivity index (χ3n) is 7.67. The second-order valence-corrected chi connectivity index (χ2v) is 10.1. The molecule has 180 valence electrons. The summed E-state index contributed by atoms with van der Waals surface area (Å²) in [5.74, 6) is 2.47. The molecular weight excluding hydrogens is 420 g/mol. The zero-order valence-corrected chi connectivity index (χ0v) is 20.8. The van der Waals surface area contributed by atoms with Crippen LogP contribution in [0.4, 0.5) is 0 Å². The van der Waals surface area contributed by atoms with Crippen LogP contribution in [0.25, 0.3) is 10.8 Å². The Morgan fingerprint density at radius 2 is 1.65 bits per heavy atom. The summed E-state index contributed by atoms with van der Waals surface area (Å²) < 4.78 is 11.0. The summed E-state index contributed by atoms with van der Waals surface area (Å²) in [4.78, 5) is 5.36. The molecule has 0 aliphatic carbocycles. The third kappa shape index (κ3) is 5.39. The Morgan fingerprint density at radius 3 is 2.47 bits per heavy atom. The molecule has 2 heterocycles. The van der Waals surface area contributed by atoms with Gasteiger partial charge in [0.2, 0.25) is 0 Å². The summed E-state index contributed by atoms with van der Waals surface area (Å²) in [5.41, 5.74) is 4.27. The summed E-state index contributed by atoms with van der Waals surface area (Å²) in [5, 5.41) is 2.69. The van der Waals surface area contributed by atoms with Crippen LogP contribution in [0.3, 0.4) is 0 Å². The summed E-state index contributed by atoms with van der Waals surface area (Å²) in [6.07, 6.45) is 6.19. The highest BCUT2D eigenvalue weighted by molar-refractivity contribution is 5.82. The smallest absolute Gasteiger partial charge is 0.161 e. The van der Waals surface area contributed by atoms with Crippen molar-refractivity contribution in [2.24, 2.45) is 5.92 Å². The van der Waals surface area contributed by atoms with Gasteiger partial charge in [-0.25, -0.2) is 0 Å². The second kappa shape index (κ2) is 10.8. The minimum atomic E-state index is 0.774. The molecule has 5 rings (SSSR count). The number of ether oxygens (including phenoxy) is 2. The fraction of sp³-hybridized carbons (Fsp3) is 0.467. The van der Waals surface area contributed by atoms with Crippen LogP contribution in [-0.2, 0) is 19.4 Å². The minimum Gasteiger partial charge on any atom is -0.493 e. The maximum Gasteiger partial charge on any atom is 0.161 e. The van der Waals surface area contributed by atoms with Crippen molar-refractivity contribution >= 4 is 10.8 Å². The van der Waals surface area contributed by atoms with Gasteiger partial charge in [0.15, 0.2) is 11.5 Å². The lowest BCUT2D eigenvalue weighted by atomic mass is 9.94. The van der Waals surface area contributed by atoms with Crippen LogP contribution in [0.5, 0.6) is 11.5 Å². The predicted molar refractivity (Wildman–Crippen MR) is 140 cm³/mol. The van der Waals surface area contributed by atoms with Gasteiger partial charge in [0.1, 0.15) is 0 Å². The van der Waals surface area contributed by atoms with Crippen LogP contribution < -0.4 is 9.47 Å². The van der Waals surface area contributed by atoms with Crippen molar-refractivity contribution in [2.75, 3.05) is 46.9 Å². The van der Waals surface area contributed by atoms with E-state index in [-0.39, 0.29) is 0 Å². The summed E-state index contributed by atoms with van der Waals surface area (Å²) in [6.45, 7) is 7.08. The SMILES string of the molecule is COc1cc2c(cc1OC)CN(CC1CCCN(CCCc3ccc4ccccc4c3)C1)CC2. The number of benzene rings is 3. The van der Waals surface area contributed by atoms with Crippen LogP contribution in [-0.4, -0.2) is 56.7 Å². The van der Waals surface area contributed by atoms with E-state index in [2.05, 4.69) is 64.4 Å². The van der Waals surface area contributed by atoms with Gasteiger partial charge in [-0.1, -0.05) is 42.5 Å². The van der Waals surface area contributed by atoms with Crippen molar-refractivity contribution < 1.29 is 9.47 Å². The number of aryl methyl sites for hydroxylation is 1. The number of rotatable bonds is 8. The predicted octanol–water partition coefficient (Wildman–Crippen LogP) is 5.56. The summed E-state index contributed by atoms with van der Waals surface area (Å²) >= 11 is 0. The molecule has 0 bridgehead atoms. The molecule has 3 aromatic rings. The molecule has 2 aliphatic rings. The van der Waals surface area contributed by atoms with Gasteiger partial charge < -0.3 is 14.4 Å². The average molecular weight is 459 g/mol. The van der Waals surface area contributed by atoms with E-state index in [1.165, 1.54) is 79.3 Å². The number of methoxy groups -OCH3 is 2. The van der Waals surface area contributed by atoms with Crippen LogP contribution in [0.1, 0.15) is 36.0 Å². The van der Waals surface area contributed by atoms with Crippen molar-refractivity contribution in [3.8, 4) is 11.5 Å². The van der Waals surface area contributed by atoms with Crippen molar-refractivity contribution in [1.82, 2.24) is 9.80 Å². The molecule has 0 amide bonds. The first kappa shape index (κ1) is 23.2. The molecule has 1 atom stereocenters. The molecule has 0 radical (unpaired) electrons. The molecule has 1 unspecified atom stereocenters. The van der Waals surface area contributed by atoms with Crippen LogP contribution in [0.2, 0.25) is 0 Å². The monoisotopic (exact) mass is 458 g/mol. The van der Waals surface area contributed by atoms with Gasteiger partial charge in [0.05, 0.1) is 14.2 Å². The number of hydrogen-bond acceptors (Lipinski definition) is 4. The number of nitrogens with zero attached hydrogens (tertiary/aromatic N) is 2. The van der Waals surface area contributed by atoms with Crippen LogP contribution >= 0.6 is 0 Å². The Bertz CT molecular complexity index is 1110. The highest BCUT2D eigenvalue weighted by atomic mass is 16.5. The first-order chi connectivity index (χ1) is 16.7. The van der Waals surface area contributed by atoms with Crippen LogP contribution in [0, 0.1) is 5.92 Å². The van der Waals surface area contributed by atoms with Crippen molar-refractivity contribution in [3.05, 3.63) is 71.3 Å². The third-order valence-corrected chi connectivity index (χ3v) is 7.67. The van der Waals surface area contributed by atoms with Gasteiger partial charge >= 0.3 is 0 Å². The molecule has 0 saturated carbocycles. The largest absolute Gasteiger partial charge is 0.493 e. The second-order valence-electron chi connectivity index (χ2n) is 10.1. The van der Waals surface area contributed by atoms with Crippen molar-refractivity contribution in [1.29, 1.82) is 0 Å². The molecule has 4 nitrogen and oxygen atoms in total. The molecular formula is C30H38N2O2. The number of hydrogen-bond donors (Lipinski definition) is 0. The van der Waals surface area contributed by atoms with E-state index >= 15 is 0 Å². The Balaban J connectivity index is 1.11. The van der Waals surface area contributed by atoms with Gasteiger partial charge in [0.25, 0.3) is 0 Å². The Labute approximate surface area is 204 Å². The molecule has 2 aliphatic heterocycles. The van der Waals surface area contributed by atoms with E-state index in [1.807, 2.05) is 0 Å². The fourth-order valence-electron chi connectivity index (χ4n) is 5.87. The lowest BCUT2D eigenvalue weighted by molar-refractivity contribution is 0.125. The van der Waals surface area contributed by atoms with E-state index in [0.29, 0.717) is 0 Å². The molecule has 4 heteroatoms. The molecule has 34 heavy (non-hydrogen) atoms. The van der Waals surface area contributed by atoms with Gasteiger partial charge in [-0.05, 0) is 90.7 Å². The van der Waals surface area contributed by atoms with Crippen molar-refractivity contribution in [3.63, 3.8) is 0 Å². The van der Waals surface area contributed by atoms with Crippen LogP contribution in [0.15, 0.2) is 54.6 Å². The first-order valence-corrected chi connectivity index (χ1v) is 12.9. The average Bonchev–Trinajstić information content (AvgIpc) is 2.88. The maximum atomic E-state index is 5.54. The van der Waals surface area contributed by atoms with Gasteiger partial charge in [-0.2, -0.15) is 0 Å². The van der Waals surface area contributed by atoms with E-state index in [9.17, 15) is 0 Å². The molecule has 0 aromatic heterocycles. The van der Waals surface area contributed by atoms with E-state index in [4.69, 9.17) is 9.47 Å². The fourth-order valence-corrected chi connectivity index (χ4v) is 5.87. The van der Waals surface area contributed by atoms with E-state index in [1.54, 1.807) is 14.2 Å². The number of likely N-dealkylation sites (tertiary alicyclic amines) is 1. The Kier molecular flexibility index (Phi) is 7.36.